The first-order valence-electron chi connectivity index (χ1n) is 9.96. The molecule has 3 heterocycles. The molecular weight excluding hydrogens is 400 g/mol. The molecule has 8 nitrogen and oxygen atoms in total. The van der Waals surface area contributed by atoms with Crippen LogP contribution in [0.5, 0.6) is 5.75 Å². The summed E-state index contributed by atoms with van der Waals surface area (Å²) >= 11 is 1.47. The number of nitrogens with zero attached hydrogens (tertiary/aromatic N) is 6. The lowest BCUT2D eigenvalue weighted by molar-refractivity contribution is 0.0980. The van der Waals surface area contributed by atoms with Crippen LogP contribution in [0.1, 0.15) is 30.0 Å². The fourth-order valence-electron chi connectivity index (χ4n) is 3.29. The zero-order chi connectivity index (χ0) is 21.1. The smallest absolute Gasteiger partial charge is 0.280 e. The summed E-state index contributed by atoms with van der Waals surface area (Å²) < 4.78 is 10.3. The van der Waals surface area contributed by atoms with Gasteiger partial charge in [0.1, 0.15) is 11.3 Å². The molecule has 0 bridgehead atoms. The molecule has 0 aliphatic heterocycles. The van der Waals surface area contributed by atoms with E-state index in [1.165, 1.54) is 11.3 Å². The molecule has 0 saturated heterocycles. The summed E-state index contributed by atoms with van der Waals surface area (Å²) in [7, 11) is 0. The Morgan fingerprint density at radius 1 is 1.27 bits per heavy atom. The molecule has 1 amide bonds. The molecule has 0 fully saturated rings. The topological polar surface area (TPSA) is 78.1 Å². The van der Waals surface area contributed by atoms with Crippen molar-refractivity contribution >= 4 is 32.6 Å². The second-order valence-electron chi connectivity index (χ2n) is 6.74. The molecule has 4 aromatic rings. The minimum Gasteiger partial charge on any atom is -0.492 e. The average Bonchev–Trinajstić information content (AvgIpc) is 3.48. The number of fused-ring (bicyclic) bond motifs is 1. The number of amides is 1. The fraction of sp³-hybridized carbons (Fsp3) is 0.333. The van der Waals surface area contributed by atoms with E-state index < -0.39 is 0 Å². The van der Waals surface area contributed by atoms with Crippen molar-refractivity contribution in [1.29, 1.82) is 0 Å². The number of carbonyl (C=O) groups excluding carboxylic acids is 1. The molecule has 0 spiro atoms. The van der Waals surface area contributed by atoms with E-state index in [4.69, 9.17) is 9.72 Å². The van der Waals surface area contributed by atoms with Crippen LogP contribution in [-0.2, 0) is 13.1 Å². The number of benzene rings is 1. The first-order valence-corrected chi connectivity index (χ1v) is 10.8. The van der Waals surface area contributed by atoms with E-state index in [9.17, 15) is 4.79 Å². The first kappa shape index (κ1) is 20.1. The van der Waals surface area contributed by atoms with Crippen LogP contribution in [0.2, 0.25) is 0 Å². The summed E-state index contributed by atoms with van der Waals surface area (Å²) in [6, 6.07) is 9.52. The lowest BCUT2D eigenvalue weighted by Gasteiger charge is -2.18. The van der Waals surface area contributed by atoms with Crippen LogP contribution in [-0.4, -0.2) is 43.6 Å². The Kier molecular flexibility index (Phi) is 5.80. The Morgan fingerprint density at radius 2 is 2.13 bits per heavy atom. The average molecular weight is 425 g/mol. The number of thiazole rings is 1. The van der Waals surface area contributed by atoms with Gasteiger partial charge in [0, 0.05) is 31.2 Å². The standard InChI is InChI=1S/C21H24N6O2S/c1-4-27-15(3)14-16(24-27)20(28)26(13-12-25-11-7-10-22-25)21-23-19-17(29-5-2)8-6-9-18(19)30-21/h6-11,14H,4-5,12-13H2,1-3H3. The van der Waals surface area contributed by atoms with Gasteiger partial charge in [0.25, 0.3) is 5.91 Å². The summed E-state index contributed by atoms with van der Waals surface area (Å²) in [5.41, 5.74) is 2.14. The monoisotopic (exact) mass is 424 g/mol. The molecule has 0 atom stereocenters. The highest BCUT2D eigenvalue weighted by molar-refractivity contribution is 7.22. The maximum absolute atomic E-state index is 13.4. The number of hydrogen-bond donors (Lipinski definition) is 0. The Morgan fingerprint density at radius 3 is 2.83 bits per heavy atom. The van der Waals surface area contributed by atoms with Crippen molar-refractivity contribution in [3.63, 3.8) is 0 Å². The number of carbonyl (C=O) groups is 1. The fourth-order valence-corrected chi connectivity index (χ4v) is 4.30. The number of hydrogen-bond acceptors (Lipinski definition) is 6. The third kappa shape index (κ3) is 3.93. The van der Waals surface area contributed by atoms with Crippen LogP contribution < -0.4 is 9.64 Å². The van der Waals surface area contributed by atoms with Gasteiger partial charge in [0.05, 0.1) is 17.9 Å². The third-order valence-electron chi connectivity index (χ3n) is 4.76. The van der Waals surface area contributed by atoms with E-state index in [0.717, 1.165) is 21.7 Å². The summed E-state index contributed by atoms with van der Waals surface area (Å²) in [4.78, 5) is 19.9. The molecule has 0 aliphatic rings. The van der Waals surface area contributed by atoms with Gasteiger partial charge >= 0.3 is 0 Å². The molecule has 0 N–H and O–H groups in total. The van der Waals surface area contributed by atoms with Crippen molar-refractivity contribution in [1.82, 2.24) is 24.5 Å². The van der Waals surface area contributed by atoms with Crippen LogP contribution in [0, 0.1) is 6.92 Å². The minimum atomic E-state index is -0.172. The molecule has 0 unspecified atom stereocenters. The van der Waals surface area contributed by atoms with Crippen LogP contribution in [0.15, 0.2) is 42.7 Å². The number of rotatable bonds is 8. The van der Waals surface area contributed by atoms with Crippen molar-refractivity contribution in [3.05, 3.63) is 54.1 Å². The number of anilines is 1. The summed E-state index contributed by atoms with van der Waals surface area (Å²) in [5.74, 6) is 0.553. The van der Waals surface area contributed by atoms with Crippen molar-refractivity contribution in [2.75, 3.05) is 18.1 Å². The van der Waals surface area contributed by atoms with Crippen molar-refractivity contribution in [2.24, 2.45) is 0 Å². The number of para-hydroxylation sites is 1. The van der Waals surface area contributed by atoms with E-state index in [1.807, 2.05) is 62.0 Å². The first-order chi connectivity index (χ1) is 14.6. The third-order valence-corrected chi connectivity index (χ3v) is 5.80. The van der Waals surface area contributed by atoms with Crippen LogP contribution in [0.25, 0.3) is 10.2 Å². The lowest BCUT2D eigenvalue weighted by atomic mass is 10.3. The van der Waals surface area contributed by atoms with Gasteiger partial charge in [0.2, 0.25) is 0 Å². The van der Waals surface area contributed by atoms with Gasteiger partial charge in [-0.05, 0) is 45.0 Å². The van der Waals surface area contributed by atoms with E-state index in [-0.39, 0.29) is 5.91 Å². The maximum Gasteiger partial charge on any atom is 0.280 e. The van der Waals surface area contributed by atoms with E-state index in [1.54, 1.807) is 15.8 Å². The van der Waals surface area contributed by atoms with Crippen molar-refractivity contribution in [3.8, 4) is 5.75 Å². The summed E-state index contributed by atoms with van der Waals surface area (Å²) in [6.07, 6.45) is 3.61. The highest BCUT2D eigenvalue weighted by Crippen LogP contribution is 2.34. The molecule has 0 saturated carbocycles. The van der Waals surface area contributed by atoms with E-state index >= 15 is 0 Å². The Balaban J connectivity index is 1.71. The highest BCUT2D eigenvalue weighted by Gasteiger charge is 2.24. The van der Waals surface area contributed by atoms with Crippen LogP contribution >= 0.6 is 11.3 Å². The zero-order valence-electron chi connectivity index (χ0n) is 17.3. The second kappa shape index (κ2) is 8.66. The Hall–Kier alpha value is -3.20. The second-order valence-corrected chi connectivity index (χ2v) is 7.75. The van der Waals surface area contributed by atoms with Gasteiger partial charge < -0.3 is 4.74 Å². The molecule has 4 rings (SSSR count). The predicted molar refractivity (Wildman–Crippen MR) is 117 cm³/mol. The van der Waals surface area contributed by atoms with E-state index in [2.05, 4.69) is 10.2 Å². The molecule has 0 aliphatic carbocycles. The summed E-state index contributed by atoms with van der Waals surface area (Å²) in [5, 5.41) is 9.35. The Labute approximate surface area is 178 Å². The highest BCUT2D eigenvalue weighted by atomic mass is 32.1. The largest absolute Gasteiger partial charge is 0.492 e. The van der Waals surface area contributed by atoms with Crippen LogP contribution in [0.3, 0.4) is 0 Å². The maximum atomic E-state index is 13.4. The minimum absolute atomic E-state index is 0.172. The molecule has 1 aromatic carbocycles. The van der Waals surface area contributed by atoms with Gasteiger partial charge in [-0.1, -0.05) is 17.4 Å². The van der Waals surface area contributed by atoms with Gasteiger partial charge in [-0.3, -0.25) is 19.1 Å². The normalized spacial score (nSPS) is 11.2. The van der Waals surface area contributed by atoms with Crippen LogP contribution in [0.4, 0.5) is 5.13 Å². The SMILES string of the molecule is CCOc1cccc2sc(N(CCn3cccn3)C(=O)c3cc(C)n(CC)n3)nc12. The summed E-state index contributed by atoms with van der Waals surface area (Å²) in [6.45, 7) is 8.16. The van der Waals surface area contributed by atoms with Gasteiger partial charge in [-0.25, -0.2) is 4.98 Å². The molecule has 30 heavy (non-hydrogen) atoms. The van der Waals surface area contributed by atoms with Crippen molar-refractivity contribution in [2.45, 2.75) is 33.9 Å². The van der Waals surface area contributed by atoms with Crippen molar-refractivity contribution < 1.29 is 9.53 Å². The Bertz CT molecular complexity index is 1150. The molecule has 9 heteroatoms. The lowest BCUT2D eigenvalue weighted by Crippen LogP contribution is -2.34. The number of ether oxygens (including phenoxy) is 1. The molecular formula is C21H24N6O2S. The number of aromatic nitrogens is 5. The quantitative estimate of drug-likeness (QED) is 0.430. The molecule has 156 valence electrons. The van der Waals surface area contributed by atoms with Gasteiger partial charge in [0.15, 0.2) is 10.8 Å². The molecule has 3 aromatic heterocycles. The predicted octanol–water partition coefficient (Wildman–Crippen LogP) is 3.76. The van der Waals surface area contributed by atoms with E-state index in [0.29, 0.717) is 37.1 Å². The molecule has 0 radical (unpaired) electrons. The van der Waals surface area contributed by atoms with Gasteiger partial charge in [-0.15, -0.1) is 0 Å². The van der Waals surface area contributed by atoms with Gasteiger partial charge in [-0.2, -0.15) is 10.2 Å². The number of aryl methyl sites for hydroxylation is 2. The zero-order valence-corrected chi connectivity index (χ0v) is 18.1.